The SMILES string of the molecule is CCCNC(=O)COc1ccc(F)cc1CO. The summed E-state index contributed by atoms with van der Waals surface area (Å²) >= 11 is 0. The highest BCUT2D eigenvalue weighted by Crippen LogP contribution is 2.19. The molecule has 1 aromatic carbocycles. The van der Waals surface area contributed by atoms with Crippen molar-refractivity contribution in [1.82, 2.24) is 5.32 Å². The van der Waals surface area contributed by atoms with E-state index in [0.717, 1.165) is 6.42 Å². The third kappa shape index (κ3) is 4.40. The van der Waals surface area contributed by atoms with Crippen LogP contribution in [0.4, 0.5) is 4.39 Å². The Morgan fingerprint density at radius 1 is 1.53 bits per heavy atom. The number of amides is 1. The van der Waals surface area contributed by atoms with Crippen molar-refractivity contribution in [3.63, 3.8) is 0 Å². The second-order valence-corrected chi connectivity index (χ2v) is 3.55. The van der Waals surface area contributed by atoms with E-state index in [1.54, 1.807) is 0 Å². The summed E-state index contributed by atoms with van der Waals surface area (Å²) < 4.78 is 18.1. The molecule has 0 fully saturated rings. The largest absolute Gasteiger partial charge is 0.483 e. The Labute approximate surface area is 99.4 Å². The molecule has 0 bridgehead atoms. The van der Waals surface area contributed by atoms with Crippen molar-refractivity contribution >= 4 is 5.91 Å². The minimum absolute atomic E-state index is 0.140. The van der Waals surface area contributed by atoms with Gasteiger partial charge in [0, 0.05) is 12.1 Å². The molecule has 94 valence electrons. The van der Waals surface area contributed by atoms with Crippen LogP contribution in [0.2, 0.25) is 0 Å². The second-order valence-electron chi connectivity index (χ2n) is 3.55. The lowest BCUT2D eigenvalue weighted by atomic mass is 10.2. The van der Waals surface area contributed by atoms with Gasteiger partial charge in [-0.2, -0.15) is 0 Å². The normalized spacial score (nSPS) is 10.1. The zero-order chi connectivity index (χ0) is 12.7. The molecule has 5 heteroatoms. The first-order chi connectivity index (χ1) is 8.17. The average Bonchev–Trinajstić information content (AvgIpc) is 2.34. The molecule has 2 N–H and O–H groups in total. The van der Waals surface area contributed by atoms with E-state index in [1.807, 2.05) is 6.92 Å². The molecule has 0 aliphatic carbocycles. The highest BCUT2D eigenvalue weighted by molar-refractivity contribution is 5.77. The number of carbonyl (C=O) groups is 1. The summed E-state index contributed by atoms with van der Waals surface area (Å²) in [7, 11) is 0. The minimum atomic E-state index is -0.447. The molecule has 0 atom stereocenters. The molecule has 1 aromatic rings. The molecular weight excluding hydrogens is 225 g/mol. The summed E-state index contributed by atoms with van der Waals surface area (Å²) in [6.45, 7) is 2.08. The smallest absolute Gasteiger partial charge is 0.257 e. The zero-order valence-corrected chi connectivity index (χ0v) is 9.70. The van der Waals surface area contributed by atoms with E-state index in [4.69, 9.17) is 9.84 Å². The molecule has 0 saturated carbocycles. The number of benzene rings is 1. The van der Waals surface area contributed by atoms with Gasteiger partial charge in [-0.25, -0.2) is 4.39 Å². The van der Waals surface area contributed by atoms with Gasteiger partial charge in [0.25, 0.3) is 5.91 Å². The van der Waals surface area contributed by atoms with Gasteiger partial charge in [-0.05, 0) is 24.6 Å². The Hall–Kier alpha value is -1.62. The molecule has 0 radical (unpaired) electrons. The fraction of sp³-hybridized carbons (Fsp3) is 0.417. The van der Waals surface area contributed by atoms with Crippen LogP contribution in [0.3, 0.4) is 0 Å². The summed E-state index contributed by atoms with van der Waals surface area (Å²) in [6.07, 6.45) is 0.851. The highest BCUT2D eigenvalue weighted by Gasteiger charge is 2.07. The van der Waals surface area contributed by atoms with Crippen LogP contribution in [0, 0.1) is 5.82 Å². The lowest BCUT2D eigenvalue weighted by Crippen LogP contribution is -2.29. The Balaban J connectivity index is 2.54. The average molecular weight is 241 g/mol. The highest BCUT2D eigenvalue weighted by atomic mass is 19.1. The summed E-state index contributed by atoms with van der Waals surface area (Å²) in [6, 6.07) is 3.80. The van der Waals surface area contributed by atoms with Crippen LogP contribution in [-0.2, 0) is 11.4 Å². The molecule has 0 aromatic heterocycles. The van der Waals surface area contributed by atoms with E-state index in [-0.39, 0.29) is 19.1 Å². The Morgan fingerprint density at radius 2 is 2.29 bits per heavy atom. The van der Waals surface area contributed by atoms with Gasteiger partial charge in [0.1, 0.15) is 11.6 Å². The van der Waals surface area contributed by atoms with Gasteiger partial charge in [0.15, 0.2) is 6.61 Å². The number of halogens is 1. The number of rotatable bonds is 6. The van der Waals surface area contributed by atoms with Gasteiger partial charge in [-0.15, -0.1) is 0 Å². The maximum atomic E-state index is 12.9. The van der Waals surface area contributed by atoms with Crippen molar-refractivity contribution < 1.29 is 19.0 Å². The number of aliphatic hydroxyl groups is 1. The predicted molar refractivity (Wildman–Crippen MR) is 61.1 cm³/mol. The van der Waals surface area contributed by atoms with Crippen LogP contribution < -0.4 is 10.1 Å². The Kier molecular flexibility index (Phi) is 5.42. The third-order valence-electron chi connectivity index (χ3n) is 2.12. The Morgan fingerprint density at radius 3 is 2.94 bits per heavy atom. The van der Waals surface area contributed by atoms with Crippen molar-refractivity contribution in [2.75, 3.05) is 13.2 Å². The number of aliphatic hydroxyl groups excluding tert-OH is 1. The molecule has 17 heavy (non-hydrogen) atoms. The van der Waals surface area contributed by atoms with Crippen LogP contribution in [0.25, 0.3) is 0 Å². The number of hydrogen-bond donors (Lipinski definition) is 2. The van der Waals surface area contributed by atoms with Gasteiger partial charge < -0.3 is 15.2 Å². The first kappa shape index (κ1) is 13.4. The molecule has 0 heterocycles. The topological polar surface area (TPSA) is 58.6 Å². The molecular formula is C12H16FNO3. The van der Waals surface area contributed by atoms with E-state index < -0.39 is 5.82 Å². The quantitative estimate of drug-likeness (QED) is 0.787. The molecule has 1 amide bonds. The second kappa shape index (κ2) is 6.85. The molecule has 0 aliphatic heterocycles. The lowest BCUT2D eigenvalue weighted by Gasteiger charge is -2.10. The molecule has 1 rings (SSSR count). The fourth-order valence-electron chi connectivity index (χ4n) is 1.27. The monoisotopic (exact) mass is 241 g/mol. The predicted octanol–water partition coefficient (Wildman–Crippen LogP) is 1.22. The van der Waals surface area contributed by atoms with E-state index >= 15 is 0 Å². The zero-order valence-electron chi connectivity index (χ0n) is 9.70. The van der Waals surface area contributed by atoms with Crippen LogP contribution in [0.15, 0.2) is 18.2 Å². The number of hydrogen-bond acceptors (Lipinski definition) is 3. The van der Waals surface area contributed by atoms with Gasteiger partial charge in [-0.3, -0.25) is 4.79 Å². The molecule has 4 nitrogen and oxygen atoms in total. The number of nitrogens with one attached hydrogen (secondary N) is 1. The number of ether oxygens (including phenoxy) is 1. The summed E-state index contributed by atoms with van der Waals surface area (Å²) in [5.41, 5.74) is 0.327. The van der Waals surface area contributed by atoms with Gasteiger partial charge >= 0.3 is 0 Å². The summed E-state index contributed by atoms with van der Waals surface area (Å²) in [5, 5.41) is 11.7. The molecule has 0 unspecified atom stereocenters. The lowest BCUT2D eigenvalue weighted by molar-refractivity contribution is -0.123. The first-order valence-corrected chi connectivity index (χ1v) is 5.46. The molecule has 0 aliphatic rings. The van der Waals surface area contributed by atoms with Crippen molar-refractivity contribution in [3.05, 3.63) is 29.6 Å². The van der Waals surface area contributed by atoms with Crippen molar-refractivity contribution in [2.45, 2.75) is 20.0 Å². The first-order valence-electron chi connectivity index (χ1n) is 5.46. The summed E-state index contributed by atoms with van der Waals surface area (Å²) in [4.78, 5) is 11.3. The van der Waals surface area contributed by atoms with Crippen LogP contribution in [-0.4, -0.2) is 24.2 Å². The van der Waals surface area contributed by atoms with Gasteiger partial charge in [0.05, 0.1) is 6.61 Å². The minimum Gasteiger partial charge on any atom is -0.483 e. The summed E-state index contributed by atoms with van der Waals surface area (Å²) in [5.74, 6) is -0.363. The van der Waals surface area contributed by atoms with Gasteiger partial charge in [0.2, 0.25) is 0 Å². The van der Waals surface area contributed by atoms with E-state index in [1.165, 1.54) is 18.2 Å². The van der Waals surface area contributed by atoms with E-state index in [9.17, 15) is 9.18 Å². The molecule has 0 spiro atoms. The maximum absolute atomic E-state index is 12.9. The van der Waals surface area contributed by atoms with E-state index in [2.05, 4.69) is 5.32 Å². The van der Waals surface area contributed by atoms with Crippen molar-refractivity contribution in [2.24, 2.45) is 0 Å². The van der Waals surface area contributed by atoms with Crippen LogP contribution in [0.5, 0.6) is 5.75 Å². The maximum Gasteiger partial charge on any atom is 0.257 e. The third-order valence-corrected chi connectivity index (χ3v) is 2.12. The van der Waals surface area contributed by atoms with Crippen LogP contribution in [0.1, 0.15) is 18.9 Å². The van der Waals surface area contributed by atoms with E-state index in [0.29, 0.717) is 17.9 Å². The van der Waals surface area contributed by atoms with Gasteiger partial charge in [-0.1, -0.05) is 6.92 Å². The van der Waals surface area contributed by atoms with Crippen LogP contribution >= 0.6 is 0 Å². The van der Waals surface area contributed by atoms with Crippen molar-refractivity contribution in [3.8, 4) is 5.75 Å². The number of carbonyl (C=O) groups excluding carboxylic acids is 1. The fourth-order valence-corrected chi connectivity index (χ4v) is 1.27. The Bertz CT molecular complexity index is 382. The standard InChI is InChI=1S/C12H16FNO3/c1-2-5-14-12(16)8-17-11-4-3-10(13)6-9(11)7-15/h3-4,6,15H,2,5,7-8H2,1H3,(H,14,16). The van der Waals surface area contributed by atoms with Crippen molar-refractivity contribution in [1.29, 1.82) is 0 Å². The molecule has 0 saturated heterocycles.